The average molecular weight is 290 g/mol. The molecule has 21 heavy (non-hydrogen) atoms. The number of nitrogens with one attached hydrogen (secondary N) is 2. The second-order valence-electron chi connectivity index (χ2n) is 6.01. The van der Waals surface area contributed by atoms with E-state index in [0.29, 0.717) is 11.4 Å². The third kappa shape index (κ3) is 2.60. The van der Waals surface area contributed by atoms with Crippen LogP contribution in [0.15, 0.2) is 35.2 Å². The van der Waals surface area contributed by atoms with Crippen LogP contribution in [0.25, 0.3) is 0 Å². The fourth-order valence-corrected chi connectivity index (χ4v) is 2.39. The lowest BCUT2D eigenvalue weighted by atomic mass is 9.88. The summed E-state index contributed by atoms with van der Waals surface area (Å²) in [4.78, 5) is 23.9. The van der Waals surface area contributed by atoms with Gasteiger partial charge in [0.15, 0.2) is 0 Å². The molecular weight excluding hydrogens is 268 g/mol. The number of carbonyl (C=O) groups is 2. The molecule has 2 atom stereocenters. The molecule has 1 aliphatic heterocycles. The number of methoxy groups -OCH3 is 1. The molecule has 1 aliphatic carbocycles. The molecule has 0 aromatic heterocycles. The number of esters is 1. The third-order valence-corrected chi connectivity index (χ3v) is 4.33. The summed E-state index contributed by atoms with van der Waals surface area (Å²) in [5, 5.41) is 6.18. The molecule has 2 rings (SSSR count). The number of hydrogen-bond acceptors (Lipinski definition) is 4. The van der Waals surface area contributed by atoms with Crippen LogP contribution in [-0.2, 0) is 14.3 Å². The standard InChI is InChI=1S/C16H22N2O3/c1-9(2)16(4)15(20)17-13(18-16)12-8-11(14(19)21-5)7-6-10(12)3/h6-10,18H,1-5H3,(H,17,20). The lowest BCUT2D eigenvalue weighted by molar-refractivity contribution is -0.135. The van der Waals surface area contributed by atoms with Crippen LogP contribution in [0.1, 0.15) is 27.7 Å². The van der Waals surface area contributed by atoms with E-state index in [0.717, 1.165) is 5.57 Å². The van der Waals surface area contributed by atoms with Gasteiger partial charge in [0.1, 0.15) is 11.4 Å². The van der Waals surface area contributed by atoms with E-state index in [9.17, 15) is 9.59 Å². The van der Waals surface area contributed by atoms with Crippen LogP contribution >= 0.6 is 0 Å². The molecule has 5 nitrogen and oxygen atoms in total. The summed E-state index contributed by atoms with van der Waals surface area (Å²) in [6.45, 7) is 7.90. The van der Waals surface area contributed by atoms with Crippen LogP contribution in [0.2, 0.25) is 0 Å². The van der Waals surface area contributed by atoms with Crippen LogP contribution in [0.5, 0.6) is 0 Å². The first kappa shape index (κ1) is 15.4. The van der Waals surface area contributed by atoms with Crippen LogP contribution in [0, 0.1) is 11.8 Å². The second kappa shape index (κ2) is 5.39. The van der Waals surface area contributed by atoms with Crippen molar-refractivity contribution < 1.29 is 14.3 Å². The number of amides is 1. The van der Waals surface area contributed by atoms with Gasteiger partial charge in [0.25, 0.3) is 5.91 Å². The van der Waals surface area contributed by atoms with Crippen molar-refractivity contribution in [2.24, 2.45) is 11.8 Å². The van der Waals surface area contributed by atoms with Gasteiger partial charge in [0.05, 0.1) is 12.7 Å². The molecule has 1 saturated heterocycles. The van der Waals surface area contributed by atoms with E-state index in [1.165, 1.54) is 7.11 Å². The van der Waals surface area contributed by atoms with Crippen molar-refractivity contribution in [2.75, 3.05) is 7.11 Å². The number of hydrogen-bond donors (Lipinski definition) is 2. The molecule has 2 aliphatic rings. The number of rotatable bonds is 2. The van der Waals surface area contributed by atoms with Crippen molar-refractivity contribution in [2.45, 2.75) is 33.2 Å². The van der Waals surface area contributed by atoms with E-state index in [4.69, 9.17) is 4.74 Å². The Kier molecular flexibility index (Phi) is 3.94. The Morgan fingerprint density at radius 1 is 1.43 bits per heavy atom. The Morgan fingerprint density at radius 2 is 2.10 bits per heavy atom. The monoisotopic (exact) mass is 290 g/mol. The lowest BCUT2D eigenvalue weighted by Gasteiger charge is -2.26. The minimum atomic E-state index is -0.636. The normalized spacial score (nSPS) is 31.8. The first-order chi connectivity index (χ1) is 9.79. The highest BCUT2D eigenvalue weighted by atomic mass is 16.5. The minimum absolute atomic E-state index is 0.0465. The maximum absolute atomic E-state index is 12.2. The van der Waals surface area contributed by atoms with E-state index in [1.807, 2.05) is 33.8 Å². The van der Waals surface area contributed by atoms with E-state index in [2.05, 4.69) is 10.6 Å². The molecule has 0 saturated carbocycles. The Bertz CT molecular complexity index is 572. The second-order valence-corrected chi connectivity index (χ2v) is 6.01. The summed E-state index contributed by atoms with van der Waals surface area (Å²) in [6, 6.07) is 0. The average Bonchev–Trinajstić information content (AvgIpc) is 2.75. The smallest absolute Gasteiger partial charge is 0.337 e. The Morgan fingerprint density at radius 3 is 2.62 bits per heavy atom. The fraction of sp³-hybridized carbons (Fsp3) is 0.500. The summed E-state index contributed by atoms with van der Waals surface area (Å²) in [6.07, 6.45) is 5.44. The van der Waals surface area contributed by atoms with Gasteiger partial charge in [-0.15, -0.1) is 0 Å². The molecule has 1 amide bonds. The van der Waals surface area contributed by atoms with Crippen LogP contribution in [-0.4, -0.2) is 24.5 Å². The van der Waals surface area contributed by atoms with Crippen molar-refractivity contribution in [1.29, 1.82) is 0 Å². The van der Waals surface area contributed by atoms with Gasteiger partial charge in [-0.25, -0.2) is 4.79 Å². The first-order valence-electron chi connectivity index (χ1n) is 7.11. The number of ether oxygens (including phenoxy) is 1. The molecule has 114 valence electrons. The fourth-order valence-electron chi connectivity index (χ4n) is 2.39. The van der Waals surface area contributed by atoms with Gasteiger partial charge in [-0.3, -0.25) is 4.79 Å². The summed E-state index contributed by atoms with van der Waals surface area (Å²) in [5.74, 6) is 0.501. The maximum Gasteiger partial charge on any atom is 0.337 e. The summed E-state index contributed by atoms with van der Waals surface area (Å²) >= 11 is 0. The van der Waals surface area contributed by atoms with E-state index in [-0.39, 0.29) is 23.7 Å². The largest absolute Gasteiger partial charge is 0.465 e. The van der Waals surface area contributed by atoms with Crippen LogP contribution in [0.3, 0.4) is 0 Å². The third-order valence-electron chi connectivity index (χ3n) is 4.33. The van der Waals surface area contributed by atoms with E-state index < -0.39 is 5.54 Å². The van der Waals surface area contributed by atoms with E-state index in [1.54, 1.807) is 12.2 Å². The predicted molar refractivity (Wildman–Crippen MR) is 80.0 cm³/mol. The van der Waals surface area contributed by atoms with Crippen molar-refractivity contribution in [3.63, 3.8) is 0 Å². The van der Waals surface area contributed by atoms with Crippen molar-refractivity contribution >= 4 is 11.9 Å². The SMILES string of the molecule is COC(=O)C1=CC(=C2NC(=O)C(C)(C(C)C)N2)C(C)C=C1. The maximum atomic E-state index is 12.2. The quantitative estimate of drug-likeness (QED) is 0.759. The van der Waals surface area contributed by atoms with Gasteiger partial charge >= 0.3 is 5.97 Å². The van der Waals surface area contributed by atoms with Crippen LogP contribution < -0.4 is 10.6 Å². The molecule has 2 unspecified atom stereocenters. The highest BCUT2D eigenvalue weighted by Gasteiger charge is 2.43. The topological polar surface area (TPSA) is 67.4 Å². The van der Waals surface area contributed by atoms with E-state index >= 15 is 0 Å². The Balaban J connectivity index is 2.40. The molecular formula is C16H22N2O3. The van der Waals surface area contributed by atoms with Crippen molar-refractivity contribution in [3.8, 4) is 0 Å². The zero-order valence-electron chi connectivity index (χ0n) is 13.1. The molecule has 1 heterocycles. The molecule has 0 aromatic carbocycles. The zero-order chi connectivity index (χ0) is 15.8. The molecule has 0 spiro atoms. The summed E-state index contributed by atoms with van der Waals surface area (Å²) in [7, 11) is 1.35. The number of carbonyl (C=O) groups excluding carboxylic acids is 2. The van der Waals surface area contributed by atoms with Gasteiger partial charge in [0, 0.05) is 5.92 Å². The number of allylic oxidation sites excluding steroid dienone is 3. The van der Waals surface area contributed by atoms with Gasteiger partial charge < -0.3 is 15.4 Å². The predicted octanol–water partition coefficient (Wildman–Crippen LogP) is 1.64. The molecule has 2 N–H and O–H groups in total. The molecule has 5 heteroatoms. The van der Waals surface area contributed by atoms with Crippen LogP contribution in [0.4, 0.5) is 0 Å². The Hall–Kier alpha value is -2.04. The first-order valence-corrected chi connectivity index (χ1v) is 7.11. The minimum Gasteiger partial charge on any atom is -0.465 e. The highest BCUT2D eigenvalue weighted by molar-refractivity contribution is 5.93. The lowest BCUT2D eigenvalue weighted by Crippen LogP contribution is -2.47. The summed E-state index contributed by atoms with van der Waals surface area (Å²) < 4.78 is 4.75. The summed E-state index contributed by atoms with van der Waals surface area (Å²) in [5.41, 5.74) is 0.727. The van der Waals surface area contributed by atoms with Gasteiger partial charge in [-0.2, -0.15) is 0 Å². The van der Waals surface area contributed by atoms with Gasteiger partial charge in [0.2, 0.25) is 0 Å². The highest BCUT2D eigenvalue weighted by Crippen LogP contribution is 2.29. The molecule has 0 aromatic rings. The van der Waals surface area contributed by atoms with Gasteiger partial charge in [-0.05, 0) is 24.5 Å². The molecule has 0 bridgehead atoms. The van der Waals surface area contributed by atoms with Gasteiger partial charge in [-0.1, -0.05) is 32.9 Å². The Labute approximate surface area is 125 Å². The van der Waals surface area contributed by atoms with Crippen molar-refractivity contribution in [1.82, 2.24) is 10.6 Å². The van der Waals surface area contributed by atoms with Crippen molar-refractivity contribution in [3.05, 3.63) is 35.2 Å². The molecule has 0 radical (unpaired) electrons. The molecule has 1 fully saturated rings. The zero-order valence-corrected chi connectivity index (χ0v) is 13.1.